The Labute approximate surface area is 144 Å². The van der Waals surface area contributed by atoms with Crippen molar-refractivity contribution in [2.75, 3.05) is 6.61 Å². The summed E-state index contributed by atoms with van der Waals surface area (Å²) < 4.78 is 20.9. The second-order valence-electron chi connectivity index (χ2n) is 5.24. The lowest BCUT2D eigenvalue weighted by Gasteiger charge is -2.43. The Bertz CT molecular complexity index is 511. The molecule has 10 heteroatoms. The van der Waals surface area contributed by atoms with Crippen LogP contribution in [0.15, 0.2) is 0 Å². The van der Waals surface area contributed by atoms with Crippen LogP contribution in [0.4, 0.5) is 0 Å². The first-order valence-corrected chi connectivity index (χ1v) is 7.72. The Balaban J connectivity index is 3.11. The van der Waals surface area contributed by atoms with E-state index in [0.717, 1.165) is 0 Å². The Morgan fingerprint density at radius 3 is 1.96 bits per heavy atom. The molecule has 9 nitrogen and oxygen atoms in total. The third kappa shape index (κ3) is 6.00. The highest BCUT2D eigenvalue weighted by atomic mass is 32.1. The fraction of sp³-hybridized carbons (Fsp3) is 0.714. The zero-order chi connectivity index (χ0) is 18.4. The molecular weight excluding hydrogens is 342 g/mol. The van der Waals surface area contributed by atoms with Crippen LogP contribution in [0.2, 0.25) is 0 Å². The molecule has 0 aromatic carbocycles. The fourth-order valence-corrected chi connectivity index (χ4v) is 2.71. The molecule has 1 amide bonds. The minimum Gasteiger partial charge on any atom is -0.463 e. The molecule has 1 saturated heterocycles. The summed E-state index contributed by atoms with van der Waals surface area (Å²) in [6.45, 7) is 4.62. The Kier molecular flexibility index (Phi) is 7.49. The van der Waals surface area contributed by atoms with Gasteiger partial charge in [0.25, 0.3) is 0 Å². The summed E-state index contributed by atoms with van der Waals surface area (Å²) in [6, 6.07) is -0.854. The molecule has 0 aromatic rings. The number of ether oxygens (including phenoxy) is 4. The van der Waals surface area contributed by atoms with Crippen LogP contribution in [0.25, 0.3) is 0 Å². The van der Waals surface area contributed by atoms with E-state index in [2.05, 4.69) is 17.9 Å². The van der Waals surface area contributed by atoms with Crippen molar-refractivity contribution in [3.05, 3.63) is 0 Å². The van der Waals surface area contributed by atoms with E-state index >= 15 is 0 Å². The molecule has 0 saturated carbocycles. The normalized spacial score (nSPS) is 29.3. The van der Waals surface area contributed by atoms with Crippen LogP contribution in [0.3, 0.4) is 0 Å². The van der Waals surface area contributed by atoms with Crippen LogP contribution in [0, 0.1) is 0 Å². The van der Waals surface area contributed by atoms with Crippen molar-refractivity contribution in [1.29, 1.82) is 0 Å². The van der Waals surface area contributed by atoms with E-state index in [1.165, 1.54) is 27.7 Å². The van der Waals surface area contributed by atoms with Crippen molar-refractivity contribution >= 4 is 36.4 Å². The predicted octanol–water partition coefficient (Wildman–Crippen LogP) is -0.428. The van der Waals surface area contributed by atoms with Gasteiger partial charge in [0.1, 0.15) is 24.2 Å². The number of nitrogens with one attached hydrogen (secondary N) is 1. The van der Waals surface area contributed by atoms with Crippen LogP contribution < -0.4 is 5.32 Å². The molecule has 1 N–H and O–H groups in total. The number of amides is 1. The number of carbonyl (C=O) groups is 4. The molecule has 0 spiro atoms. The predicted molar refractivity (Wildman–Crippen MR) is 83.0 cm³/mol. The molecule has 24 heavy (non-hydrogen) atoms. The maximum atomic E-state index is 11.4. The molecule has 0 aliphatic carbocycles. The monoisotopic (exact) mass is 363 g/mol. The number of esters is 3. The van der Waals surface area contributed by atoms with Gasteiger partial charge in [-0.3, -0.25) is 19.2 Å². The molecule has 1 fully saturated rings. The first-order valence-electron chi connectivity index (χ1n) is 7.20. The van der Waals surface area contributed by atoms with Gasteiger partial charge in [-0.15, -0.1) is 12.6 Å². The molecule has 0 bridgehead atoms. The Hall–Kier alpha value is -1.81. The quantitative estimate of drug-likeness (QED) is 0.384. The summed E-state index contributed by atoms with van der Waals surface area (Å²) in [7, 11) is 0. The van der Waals surface area contributed by atoms with Crippen molar-refractivity contribution in [2.45, 2.75) is 57.5 Å². The fourth-order valence-electron chi connectivity index (χ4n) is 2.31. The average Bonchev–Trinajstić information content (AvgIpc) is 2.42. The lowest BCUT2D eigenvalue weighted by molar-refractivity contribution is -0.211. The van der Waals surface area contributed by atoms with E-state index < -0.39 is 53.6 Å². The van der Waals surface area contributed by atoms with Gasteiger partial charge in [-0.2, -0.15) is 0 Å². The topological polar surface area (TPSA) is 117 Å². The largest absolute Gasteiger partial charge is 0.463 e. The van der Waals surface area contributed by atoms with Crippen LogP contribution in [0.5, 0.6) is 0 Å². The molecule has 1 rings (SSSR count). The van der Waals surface area contributed by atoms with E-state index in [9.17, 15) is 19.2 Å². The average molecular weight is 363 g/mol. The van der Waals surface area contributed by atoms with Gasteiger partial charge < -0.3 is 24.3 Å². The summed E-state index contributed by atoms with van der Waals surface area (Å²) in [5, 5.41) is 2.56. The molecule has 0 unspecified atom stereocenters. The van der Waals surface area contributed by atoms with Crippen molar-refractivity contribution in [1.82, 2.24) is 5.32 Å². The zero-order valence-corrected chi connectivity index (χ0v) is 14.7. The molecule has 5 atom stereocenters. The van der Waals surface area contributed by atoms with Gasteiger partial charge in [-0.25, -0.2) is 0 Å². The molecule has 0 aromatic heterocycles. The minimum absolute atomic E-state index is 0.227. The van der Waals surface area contributed by atoms with Gasteiger partial charge in [0, 0.05) is 27.7 Å². The summed E-state index contributed by atoms with van der Waals surface area (Å²) in [4.78, 5) is 45.2. The van der Waals surface area contributed by atoms with Gasteiger partial charge >= 0.3 is 17.9 Å². The lowest BCUT2D eigenvalue weighted by atomic mass is 9.97. The lowest BCUT2D eigenvalue weighted by Crippen LogP contribution is -2.64. The number of hydrogen-bond donors (Lipinski definition) is 2. The highest BCUT2D eigenvalue weighted by Crippen LogP contribution is 2.28. The zero-order valence-electron chi connectivity index (χ0n) is 13.8. The highest BCUT2D eigenvalue weighted by Gasteiger charge is 2.49. The molecule has 1 aliphatic heterocycles. The third-order valence-corrected chi connectivity index (χ3v) is 3.53. The van der Waals surface area contributed by atoms with Crippen molar-refractivity contribution in [2.24, 2.45) is 0 Å². The third-order valence-electron chi connectivity index (χ3n) is 3.09. The second kappa shape index (κ2) is 8.88. The maximum Gasteiger partial charge on any atom is 0.303 e. The summed E-state index contributed by atoms with van der Waals surface area (Å²) in [5.41, 5.74) is -0.870. The highest BCUT2D eigenvalue weighted by molar-refractivity contribution is 7.80. The molecule has 136 valence electrons. The second-order valence-corrected chi connectivity index (χ2v) is 5.75. The first kappa shape index (κ1) is 20.2. The standard InChI is InChI=1S/C14H21NO8S/c1-6(16)15-11-13(22-9(4)19)12(21-8(3)18)10(23-14(11)24)5-20-7(2)17/h10-14,24H,5H2,1-4H3,(H,15,16)/t10-,11-,12+,13-,14+/m1/s1. The van der Waals surface area contributed by atoms with Crippen LogP contribution in [0.1, 0.15) is 27.7 Å². The number of thiol groups is 1. The molecule has 1 heterocycles. The molecule has 0 radical (unpaired) electrons. The summed E-state index contributed by atoms with van der Waals surface area (Å²) in [6.07, 6.45) is -3.03. The maximum absolute atomic E-state index is 11.4. The first-order chi connectivity index (χ1) is 11.1. The SMILES string of the molecule is CC(=O)N[C@@H]1[C@@H](OC(C)=O)[C@@H](OC(C)=O)[C@@H](COC(C)=O)O[C@H]1S. The van der Waals surface area contributed by atoms with E-state index in [-0.39, 0.29) is 6.61 Å². The number of rotatable bonds is 5. The van der Waals surface area contributed by atoms with Gasteiger partial charge in [-0.1, -0.05) is 0 Å². The van der Waals surface area contributed by atoms with Gasteiger partial charge in [0.15, 0.2) is 12.2 Å². The summed E-state index contributed by atoms with van der Waals surface area (Å²) in [5.74, 6) is -2.24. The Morgan fingerprint density at radius 1 is 0.958 bits per heavy atom. The number of carbonyl (C=O) groups excluding carboxylic acids is 4. The van der Waals surface area contributed by atoms with Crippen LogP contribution in [-0.4, -0.2) is 60.2 Å². The van der Waals surface area contributed by atoms with E-state index in [1.54, 1.807) is 0 Å². The van der Waals surface area contributed by atoms with Crippen molar-refractivity contribution < 1.29 is 38.1 Å². The Morgan fingerprint density at radius 2 is 1.50 bits per heavy atom. The van der Waals surface area contributed by atoms with E-state index in [4.69, 9.17) is 18.9 Å². The van der Waals surface area contributed by atoms with E-state index in [0.29, 0.717) is 0 Å². The minimum atomic E-state index is -1.08. The van der Waals surface area contributed by atoms with Gasteiger partial charge in [0.05, 0.1) is 0 Å². The van der Waals surface area contributed by atoms with Gasteiger partial charge in [-0.05, 0) is 0 Å². The smallest absolute Gasteiger partial charge is 0.303 e. The molecule has 1 aliphatic rings. The molecular formula is C14H21NO8S. The van der Waals surface area contributed by atoms with Crippen LogP contribution >= 0.6 is 12.6 Å². The number of hydrogen-bond acceptors (Lipinski definition) is 9. The van der Waals surface area contributed by atoms with Gasteiger partial charge in [0.2, 0.25) is 5.91 Å². The van der Waals surface area contributed by atoms with E-state index in [1.807, 2.05) is 0 Å². The summed E-state index contributed by atoms with van der Waals surface area (Å²) >= 11 is 4.24. The van der Waals surface area contributed by atoms with Crippen molar-refractivity contribution in [3.8, 4) is 0 Å². The van der Waals surface area contributed by atoms with Crippen LogP contribution in [-0.2, 0) is 38.1 Å². The van der Waals surface area contributed by atoms with Crippen molar-refractivity contribution in [3.63, 3.8) is 0 Å².